The first-order valence-corrected chi connectivity index (χ1v) is 5.37. The largest absolute Gasteiger partial charge is 0.489 e. The Morgan fingerprint density at radius 3 is 2.44 bits per heavy atom. The zero-order valence-corrected chi connectivity index (χ0v) is 9.55. The van der Waals surface area contributed by atoms with Crippen molar-refractivity contribution in [2.45, 2.75) is 25.8 Å². The number of halogens is 1. The number of nitrogens with two attached hydrogens (primary N) is 1. The van der Waals surface area contributed by atoms with E-state index in [1.165, 1.54) is 6.07 Å². The van der Waals surface area contributed by atoms with Crippen molar-refractivity contribution in [1.29, 1.82) is 0 Å². The topological polar surface area (TPSA) is 44.5 Å². The molecule has 0 atom stereocenters. The Kier molecular flexibility index (Phi) is 2.76. The molecule has 1 heterocycles. The van der Waals surface area contributed by atoms with Crippen molar-refractivity contribution in [1.82, 2.24) is 0 Å². The van der Waals surface area contributed by atoms with E-state index in [-0.39, 0.29) is 5.75 Å². The van der Waals surface area contributed by atoms with Crippen molar-refractivity contribution in [2.24, 2.45) is 5.73 Å². The summed E-state index contributed by atoms with van der Waals surface area (Å²) in [7, 11) is 0. The third kappa shape index (κ3) is 1.97. The maximum absolute atomic E-state index is 13.6. The van der Waals surface area contributed by atoms with Gasteiger partial charge in [-0.25, -0.2) is 4.39 Å². The normalized spacial score (nSPS) is 15.8. The fourth-order valence-corrected chi connectivity index (χ4v) is 1.73. The molecule has 0 spiro atoms. The number of hydrogen-bond donors (Lipinski definition) is 1. The van der Waals surface area contributed by atoms with Crippen LogP contribution in [0.25, 0.3) is 0 Å². The molecule has 88 valence electrons. The smallest absolute Gasteiger partial charge is 0.197 e. The van der Waals surface area contributed by atoms with Gasteiger partial charge in [-0.05, 0) is 19.9 Å². The molecule has 0 amide bonds. The van der Waals surface area contributed by atoms with Gasteiger partial charge in [-0.2, -0.15) is 0 Å². The van der Waals surface area contributed by atoms with Gasteiger partial charge in [0.15, 0.2) is 17.3 Å². The number of benzene rings is 1. The Morgan fingerprint density at radius 2 is 1.81 bits per heavy atom. The van der Waals surface area contributed by atoms with Crippen molar-refractivity contribution in [3.63, 3.8) is 0 Å². The number of fused-ring (bicyclic) bond motifs is 1. The highest BCUT2D eigenvalue weighted by molar-refractivity contribution is 5.50. The Labute approximate surface area is 94.3 Å². The summed E-state index contributed by atoms with van der Waals surface area (Å²) in [5.74, 6) is 0.239. The highest BCUT2D eigenvalue weighted by atomic mass is 19.1. The third-order valence-electron chi connectivity index (χ3n) is 2.54. The summed E-state index contributed by atoms with van der Waals surface area (Å²) in [5, 5.41) is 0. The van der Waals surface area contributed by atoms with Crippen LogP contribution in [0.5, 0.6) is 11.5 Å². The fraction of sp³-hybridized carbons (Fsp3) is 0.500. The second-order valence-corrected chi connectivity index (χ2v) is 4.53. The van der Waals surface area contributed by atoms with E-state index in [9.17, 15) is 4.39 Å². The van der Waals surface area contributed by atoms with Crippen LogP contribution in [0, 0.1) is 5.82 Å². The van der Waals surface area contributed by atoms with Crippen molar-refractivity contribution < 1.29 is 13.9 Å². The molecular formula is C12H16FNO2. The molecule has 2 N–H and O–H groups in total. The van der Waals surface area contributed by atoms with Crippen molar-refractivity contribution in [3.05, 3.63) is 23.5 Å². The molecule has 0 radical (unpaired) electrons. The molecule has 4 heteroatoms. The molecule has 0 fully saturated rings. The van der Waals surface area contributed by atoms with Crippen LogP contribution >= 0.6 is 0 Å². The van der Waals surface area contributed by atoms with E-state index < -0.39 is 11.4 Å². The first kappa shape index (κ1) is 11.2. The van der Waals surface area contributed by atoms with Gasteiger partial charge >= 0.3 is 0 Å². The molecular weight excluding hydrogens is 209 g/mol. The van der Waals surface area contributed by atoms with Crippen LogP contribution < -0.4 is 15.2 Å². The van der Waals surface area contributed by atoms with Crippen molar-refractivity contribution >= 4 is 0 Å². The molecule has 1 aromatic carbocycles. The van der Waals surface area contributed by atoms with Crippen LogP contribution in [-0.4, -0.2) is 13.2 Å². The minimum absolute atomic E-state index is 0.188. The van der Waals surface area contributed by atoms with E-state index in [1.54, 1.807) is 6.07 Å². The number of rotatable bonds is 1. The van der Waals surface area contributed by atoms with Crippen LogP contribution in [0.15, 0.2) is 12.1 Å². The van der Waals surface area contributed by atoms with Gasteiger partial charge in [-0.1, -0.05) is 6.07 Å². The molecule has 1 aliphatic heterocycles. The lowest BCUT2D eigenvalue weighted by atomic mass is 9.94. The lowest BCUT2D eigenvalue weighted by molar-refractivity contribution is 0.291. The first-order chi connectivity index (χ1) is 7.50. The van der Waals surface area contributed by atoms with E-state index in [0.717, 1.165) is 12.0 Å². The van der Waals surface area contributed by atoms with Gasteiger partial charge < -0.3 is 15.2 Å². The monoisotopic (exact) mass is 225 g/mol. The summed E-state index contributed by atoms with van der Waals surface area (Å²) in [6, 6.07) is 3.03. The minimum atomic E-state index is -0.578. The molecule has 0 bridgehead atoms. The van der Waals surface area contributed by atoms with Gasteiger partial charge in [0.1, 0.15) is 0 Å². The van der Waals surface area contributed by atoms with Crippen molar-refractivity contribution in [3.8, 4) is 11.5 Å². The van der Waals surface area contributed by atoms with E-state index in [2.05, 4.69) is 0 Å². The Bertz CT molecular complexity index is 399. The van der Waals surface area contributed by atoms with Crippen LogP contribution in [0.3, 0.4) is 0 Å². The van der Waals surface area contributed by atoms with Gasteiger partial charge in [0.2, 0.25) is 0 Å². The van der Waals surface area contributed by atoms with Gasteiger partial charge in [0.05, 0.1) is 13.2 Å². The van der Waals surface area contributed by atoms with E-state index in [4.69, 9.17) is 15.2 Å². The molecule has 1 aromatic rings. The summed E-state index contributed by atoms with van der Waals surface area (Å²) in [6.07, 6.45) is 0.749. The summed E-state index contributed by atoms with van der Waals surface area (Å²) in [5.41, 5.74) is 6.22. The standard InChI is InChI=1S/C12H16FNO2/c1-12(2,14)8-4-5-9(13)11-10(8)15-6-3-7-16-11/h4-5H,3,6-7,14H2,1-2H3. The fourth-order valence-electron chi connectivity index (χ4n) is 1.73. The summed E-state index contributed by atoms with van der Waals surface area (Å²) >= 11 is 0. The lowest BCUT2D eigenvalue weighted by Gasteiger charge is -2.23. The van der Waals surface area contributed by atoms with Crippen molar-refractivity contribution in [2.75, 3.05) is 13.2 Å². The summed E-state index contributed by atoms with van der Waals surface area (Å²) in [6.45, 7) is 4.71. The maximum atomic E-state index is 13.6. The van der Waals surface area contributed by atoms with Crippen LogP contribution in [0.1, 0.15) is 25.8 Å². The van der Waals surface area contributed by atoms with Crippen LogP contribution in [-0.2, 0) is 5.54 Å². The van der Waals surface area contributed by atoms with Gasteiger partial charge in [0.25, 0.3) is 0 Å². The molecule has 0 saturated heterocycles. The predicted molar refractivity (Wildman–Crippen MR) is 59.2 cm³/mol. The third-order valence-corrected chi connectivity index (χ3v) is 2.54. The molecule has 0 aromatic heterocycles. The molecule has 1 aliphatic rings. The minimum Gasteiger partial charge on any atom is -0.489 e. The average molecular weight is 225 g/mol. The first-order valence-electron chi connectivity index (χ1n) is 5.37. The highest BCUT2D eigenvalue weighted by Crippen LogP contribution is 2.39. The predicted octanol–water partition coefficient (Wildman–Crippen LogP) is 2.18. The second kappa shape index (κ2) is 3.94. The quantitative estimate of drug-likeness (QED) is 0.796. The second-order valence-electron chi connectivity index (χ2n) is 4.53. The zero-order valence-electron chi connectivity index (χ0n) is 9.55. The SMILES string of the molecule is CC(C)(N)c1ccc(F)c2c1OCCCO2. The maximum Gasteiger partial charge on any atom is 0.197 e. The lowest BCUT2D eigenvalue weighted by Crippen LogP contribution is -2.29. The summed E-state index contributed by atoms with van der Waals surface area (Å²) in [4.78, 5) is 0. The van der Waals surface area contributed by atoms with Crippen LogP contribution in [0.2, 0.25) is 0 Å². The molecule has 2 rings (SSSR count). The molecule has 3 nitrogen and oxygen atoms in total. The van der Waals surface area contributed by atoms with Gasteiger partial charge in [-0.3, -0.25) is 0 Å². The molecule has 0 unspecified atom stereocenters. The van der Waals surface area contributed by atoms with E-state index in [0.29, 0.717) is 19.0 Å². The Morgan fingerprint density at radius 1 is 1.19 bits per heavy atom. The van der Waals surface area contributed by atoms with Crippen LogP contribution in [0.4, 0.5) is 4.39 Å². The number of ether oxygens (including phenoxy) is 2. The molecule has 0 aliphatic carbocycles. The molecule has 16 heavy (non-hydrogen) atoms. The molecule has 0 saturated carbocycles. The van der Waals surface area contributed by atoms with Gasteiger partial charge in [0, 0.05) is 17.5 Å². The number of hydrogen-bond acceptors (Lipinski definition) is 3. The Balaban J connectivity index is 2.56. The van der Waals surface area contributed by atoms with Gasteiger partial charge in [-0.15, -0.1) is 0 Å². The van der Waals surface area contributed by atoms with E-state index in [1.807, 2.05) is 13.8 Å². The zero-order chi connectivity index (χ0) is 11.8. The Hall–Kier alpha value is -1.29. The summed E-state index contributed by atoms with van der Waals surface area (Å²) < 4.78 is 24.5. The van der Waals surface area contributed by atoms with E-state index >= 15 is 0 Å². The highest BCUT2D eigenvalue weighted by Gasteiger charge is 2.26. The average Bonchev–Trinajstić information content (AvgIpc) is 2.42.